The summed E-state index contributed by atoms with van der Waals surface area (Å²) in [6, 6.07) is 5.23. The Morgan fingerprint density at radius 2 is 2.22 bits per heavy atom. The average Bonchev–Trinajstić information content (AvgIpc) is 3.13. The zero-order valence-corrected chi connectivity index (χ0v) is 12.8. The molecular formula is C12H15BrCl2N2O. The summed E-state index contributed by atoms with van der Waals surface area (Å²) in [6.45, 7) is 0.491. The van der Waals surface area contributed by atoms with Gasteiger partial charge >= 0.3 is 0 Å². The Balaban J connectivity index is 0.00000162. The van der Waals surface area contributed by atoms with Crippen LogP contribution in [-0.4, -0.2) is 18.5 Å². The summed E-state index contributed by atoms with van der Waals surface area (Å²) in [7, 11) is 0. The standard InChI is InChI=1S/C12H14BrClN2O.ClH/c13-9-5-8(3-4-10(9)14)12(17)16-11(6-15)7-1-2-7;/h3-5,7,11H,1-2,6,15H2,(H,16,17);1H. The van der Waals surface area contributed by atoms with E-state index in [0.29, 0.717) is 23.0 Å². The first-order valence-corrected chi connectivity index (χ1v) is 6.75. The smallest absolute Gasteiger partial charge is 0.251 e. The second-order valence-corrected chi connectivity index (χ2v) is 5.54. The third-order valence-electron chi connectivity index (χ3n) is 2.94. The Bertz CT molecular complexity index is 438. The van der Waals surface area contributed by atoms with Gasteiger partial charge in [0.1, 0.15) is 0 Å². The molecule has 1 fully saturated rings. The highest BCUT2D eigenvalue weighted by Gasteiger charge is 2.31. The van der Waals surface area contributed by atoms with Gasteiger partial charge in [0.25, 0.3) is 5.91 Å². The molecule has 1 aromatic carbocycles. The van der Waals surface area contributed by atoms with Gasteiger partial charge in [0, 0.05) is 22.6 Å². The summed E-state index contributed by atoms with van der Waals surface area (Å²) in [5.41, 5.74) is 6.25. The predicted molar refractivity (Wildman–Crippen MR) is 79.4 cm³/mol. The van der Waals surface area contributed by atoms with Gasteiger partial charge in [0.15, 0.2) is 0 Å². The second kappa shape index (κ2) is 6.75. The lowest BCUT2D eigenvalue weighted by Crippen LogP contribution is -2.41. The van der Waals surface area contributed by atoms with Gasteiger partial charge < -0.3 is 11.1 Å². The van der Waals surface area contributed by atoms with Crippen molar-refractivity contribution in [3.8, 4) is 0 Å². The van der Waals surface area contributed by atoms with Crippen molar-refractivity contribution in [1.82, 2.24) is 5.32 Å². The monoisotopic (exact) mass is 352 g/mol. The fraction of sp³-hybridized carbons (Fsp3) is 0.417. The lowest BCUT2D eigenvalue weighted by molar-refractivity contribution is 0.0933. The van der Waals surface area contributed by atoms with Crippen molar-refractivity contribution in [1.29, 1.82) is 0 Å². The van der Waals surface area contributed by atoms with E-state index in [1.807, 2.05) is 0 Å². The number of hydrogen-bond acceptors (Lipinski definition) is 2. The molecule has 0 aliphatic heterocycles. The van der Waals surface area contributed by atoms with E-state index in [2.05, 4.69) is 21.2 Å². The van der Waals surface area contributed by atoms with Crippen molar-refractivity contribution in [2.75, 3.05) is 6.54 Å². The van der Waals surface area contributed by atoms with Crippen molar-refractivity contribution in [3.63, 3.8) is 0 Å². The normalized spacial score (nSPS) is 15.7. The van der Waals surface area contributed by atoms with E-state index in [4.69, 9.17) is 17.3 Å². The minimum absolute atomic E-state index is 0. The van der Waals surface area contributed by atoms with E-state index in [1.165, 1.54) is 0 Å². The number of nitrogens with two attached hydrogens (primary N) is 1. The molecule has 1 atom stereocenters. The van der Waals surface area contributed by atoms with Crippen LogP contribution in [0.3, 0.4) is 0 Å². The van der Waals surface area contributed by atoms with Crippen LogP contribution in [0.1, 0.15) is 23.2 Å². The van der Waals surface area contributed by atoms with Crippen molar-refractivity contribution in [3.05, 3.63) is 33.3 Å². The van der Waals surface area contributed by atoms with Gasteiger partial charge in [0.2, 0.25) is 0 Å². The highest BCUT2D eigenvalue weighted by atomic mass is 79.9. The maximum Gasteiger partial charge on any atom is 0.251 e. The number of rotatable bonds is 4. The van der Waals surface area contributed by atoms with Crippen LogP contribution in [0.4, 0.5) is 0 Å². The number of halogens is 3. The van der Waals surface area contributed by atoms with Crippen LogP contribution >= 0.6 is 39.9 Å². The Labute approximate surface area is 126 Å². The van der Waals surface area contributed by atoms with Crippen LogP contribution in [0, 0.1) is 5.92 Å². The first-order chi connectivity index (χ1) is 8.11. The molecular weight excluding hydrogens is 339 g/mol. The van der Waals surface area contributed by atoms with Gasteiger partial charge in [-0.25, -0.2) is 0 Å². The van der Waals surface area contributed by atoms with Crippen LogP contribution in [0.25, 0.3) is 0 Å². The largest absolute Gasteiger partial charge is 0.348 e. The summed E-state index contributed by atoms with van der Waals surface area (Å²) < 4.78 is 0.725. The van der Waals surface area contributed by atoms with Crippen molar-refractivity contribution in [2.24, 2.45) is 11.7 Å². The molecule has 18 heavy (non-hydrogen) atoms. The Morgan fingerprint density at radius 3 is 2.72 bits per heavy atom. The number of benzene rings is 1. The molecule has 1 saturated carbocycles. The summed E-state index contributed by atoms with van der Waals surface area (Å²) in [5, 5.41) is 3.56. The molecule has 0 aromatic heterocycles. The molecule has 1 unspecified atom stereocenters. The summed E-state index contributed by atoms with van der Waals surface area (Å²) in [6.07, 6.45) is 2.32. The molecule has 1 aliphatic carbocycles. The van der Waals surface area contributed by atoms with Crippen molar-refractivity contribution < 1.29 is 4.79 Å². The molecule has 2 rings (SSSR count). The predicted octanol–water partition coefficient (Wildman–Crippen LogP) is 2.99. The molecule has 1 amide bonds. The number of amides is 1. The van der Waals surface area contributed by atoms with Crippen LogP contribution in [0.2, 0.25) is 5.02 Å². The molecule has 0 bridgehead atoms. The maximum absolute atomic E-state index is 12.0. The maximum atomic E-state index is 12.0. The minimum Gasteiger partial charge on any atom is -0.348 e. The molecule has 6 heteroatoms. The molecule has 3 N–H and O–H groups in total. The molecule has 1 aromatic rings. The lowest BCUT2D eigenvalue weighted by Gasteiger charge is -2.16. The van der Waals surface area contributed by atoms with Gasteiger partial charge in [-0.3, -0.25) is 4.79 Å². The number of hydrogen-bond donors (Lipinski definition) is 2. The van der Waals surface area contributed by atoms with Crippen molar-refractivity contribution >= 4 is 45.8 Å². The van der Waals surface area contributed by atoms with Gasteiger partial charge in [0.05, 0.1) is 5.02 Å². The number of nitrogens with one attached hydrogen (secondary N) is 1. The van der Waals surface area contributed by atoms with Gasteiger partial charge in [-0.1, -0.05) is 11.6 Å². The topological polar surface area (TPSA) is 55.1 Å². The van der Waals surface area contributed by atoms with Gasteiger partial charge in [-0.15, -0.1) is 12.4 Å². The third-order valence-corrected chi connectivity index (χ3v) is 4.16. The van der Waals surface area contributed by atoms with E-state index in [-0.39, 0.29) is 24.4 Å². The zero-order chi connectivity index (χ0) is 12.4. The minimum atomic E-state index is -0.0929. The first-order valence-electron chi connectivity index (χ1n) is 5.58. The summed E-state index contributed by atoms with van der Waals surface area (Å²) in [4.78, 5) is 12.0. The Hall–Kier alpha value is -0.290. The van der Waals surface area contributed by atoms with E-state index in [1.54, 1.807) is 18.2 Å². The van der Waals surface area contributed by atoms with E-state index in [0.717, 1.165) is 17.3 Å². The van der Waals surface area contributed by atoms with E-state index < -0.39 is 0 Å². The molecule has 1 aliphatic rings. The molecule has 0 spiro atoms. The number of carbonyl (C=O) groups excluding carboxylic acids is 1. The summed E-state index contributed by atoms with van der Waals surface area (Å²) in [5.74, 6) is 0.462. The second-order valence-electron chi connectivity index (χ2n) is 4.28. The fourth-order valence-corrected chi connectivity index (χ4v) is 2.25. The molecule has 0 heterocycles. The molecule has 3 nitrogen and oxygen atoms in total. The zero-order valence-electron chi connectivity index (χ0n) is 9.66. The Kier molecular flexibility index (Phi) is 5.92. The van der Waals surface area contributed by atoms with Crippen LogP contribution in [-0.2, 0) is 0 Å². The van der Waals surface area contributed by atoms with Crippen LogP contribution in [0.5, 0.6) is 0 Å². The Morgan fingerprint density at radius 1 is 1.56 bits per heavy atom. The highest BCUT2D eigenvalue weighted by molar-refractivity contribution is 9.10. The van der Waals surface area contributed by atoms with Crippen LogP contribution in [0.15, 0.2) is 22.7 Å². The lowest BCUT2D eigenvalue weighted by atomic mass is 10.1. The van der Waals surface area contributed by atoms with E-state index in [9.17, 15) is 4.79 Å². The quantitative estimate of drug-likeness (QED) is 0.874. The van der Waals surface area contributed by atoms with E-state index >= 15 is 0 Å². The molecule has 100 valence electrons. The molecule has 0 radical (unpaired) electrons. The summed E-state index contributed by atoms with van der Waals surface area (Å²) >= 11 is 9.18. The fourth-order valence-electron chi connectivity index (χ4n) is 1.76. The SMILES string of the molecule is Cl.NCC(NC(=O)c1ccc(Cl)c(Br)c1)C1CC1. The highest BCUT2D eigenvalue weighted by Crippen LogP contribution is 2.32. The average molecular weight is 354 g/mol. The van der Waals surface area contributed by atoms with Crippen molar-refractivity contribution in [2.45, 2.75) is 18.9 Å². The number of carbonyl (C=O) groups is 1. The molecule has 0 saturated heterocycles. The first kappa shape index (κ1) is 15.8. The van der Waals surface area contributed by atoms with Gasteiger partial charge in [-0.05, 0) is 52.9 Å². The van der Waals surface area contributed by atoms with Crippen LogP contribution < -0.4 is 11.1 Å². The third kappa shape index (κ3) is 3.85. The van der Waals surface area contributed by atoms with Gasteiger partial charge in [-0.2, -0.15) is 0 Å².